The third-order valence-corrected chi connectivity index (χ3v) is 3.65. The summed E-state index contributed by atoms with van der Waals surface area (Å²) in [5.41, 5.74) is 0.455. The van der Waals surface area contributed by atoms with Crippen molar-refractivity contribution in [1.29, 1.82) is 0 Å². The fourth-order valence-electron chi connectivity index (χ4n) is 2.42. The highest BCUT2D eigenvalue weighted by Gasteiger charge is 2.36. The van der Waals surface area contributed by atoms with Crippen LogP contribution in [0.5, 0.6) is 0 Å². The van der Waals surface area contributed by atoms with Gasteiger partial charge in [-0.1, -0.05) is 49.6 Å². The van der Waals surface area contributed by atoms with Crippen LogP contribution in [0.15, 0.2) is 30.3 Å². The van der Waals surface area contributed by atoms with Crippen molar-refractivity contribution in [3.63, 3.8) is 0 Å². The lowest BCUT2D eigenvalue weighted by Crippen LogP contribution is -2.32. The minimum atomic E-state index is -2.20. The lowest BCUT2D eigenvalue weighted by atomic mass is 9.80. The zero-order chi connectivity index (χ0) is 11.4. The number of rotatable bonds is 3. The molecule has 0 aliphatic heterocycles. The Morgan fingerprint density at radius 2 is 1.75 bits per heavy atom. The molecule has 1 aromatic rings. The molecular formula is C12H16O3S. The van der Waals surface area contributed by atoms with Gasteiger partial charge in [-0.05, 0) is 18.4 Å². The predicted molar refractivity (Wildman–Crippen MR) is 63.1 cm³/mol. The van der Waals surface area contributed by atoms with E-state index in [2.05, 4.69) is 0 Å². The van der Waals surface area contributed by atoms with Crippen molar-refractivity contribution in [2.75, 3.05) is 0 Å². The highest BCUT2D eigenvalue weighted by Crippen LogP contribution is 2.40. The van der Waals surface area contributed by atoms with Gasteiger partial charge in [-0.3, -0.25) is 8.74 Å². The Morgan fingerprint density at radius 3 is 2.31 bits per heavy atom. The van der Waals surface area contributed by atoms with Gasteiger partial charge in [-0.25, -0.2) is 0 Å². The van der Waals surface area contributed by atoms with Crippen LogP contribution in [0, 0.1) is 0 Å². The summed E-state index contributed by atoms with van der Waals surface area (Å²) >= 11 is -2.20. The van der Waals surface area contributed by atoms with E-state index in [4.69, 9.17) is 8.74 Å². The second kappa shape index (κ2) is 5.08. The molecule has 88 valence electrons. The fraction of sp³-hybridized carbons (Fsp3) is 0.500. The van der Waals surface area contributed by atoms with Gasteiger partial charge in [0.2, 0.25) is 0 Å². The molecule has 0 heterocycles. The SMILES string of the molecule is O=S(O)OC1(c2ccccc2)CCCCC1. The number of benzene rings is 1. The molecule has 1 aromatic carbocycles. The average Bonchev–Trinajstić information content (AvgIpc) is 2.30. The lowest BCUT2D eigenvalue weighted by molar-refractivity contribution is 0.0315. The molecule has 0 bridgehead atoms. The van der Waals surface area contributed by atoms with Crippen LogP contribution in [0.4, 0.5) is 0 Å². The summed E-state index contributed by atoms with van der Waals surface area (Å²) < 4.78 is 25.2. The summed E-state index contributed by atoms with van der Waals surface area (Å²) in [4.78, 5) is 0. The molecule has 2 rings (SSSR count). The normalized spacial score (nSPS) is 21.6. The van der Waals surface area contributed by atoms with Crippen LogP contribution in [-0.2, 0) is 21.1 Å². The van der Waals surface area contributed by atoms with Crippen LogP contribution in [0.3, 0.4) is 0 Å². The predicted octanol–water partition coefficient (Wildman–Crippen LogP) is 3.00. The summed E-state index contributed by atoms with van der Waals surface area (Å²) in [5, 5.41) is 0. The van der Waals surface area contributed by atoms with Crippen LogP contribution in [0.2, 0.25) is 0 Å². The average molecular weight is 240 g/mol. The molecule has 1 unspecified atom stereocenters. The monoisotopic (exact) mass is 240 g/mol. The Morgan fingerprint density at radius 1 is 1.12 bits per heavy atom. The van der Waals surface area contributed by atoms with E-state index in [0.29, 0.717) is 0 Å². The minimum Gasteiger partial charge on any atom is -0.284 e. The first-order chi connectivity index (χ1) is 7.73. The zero-order valence-corrected chi connectivity index (χ0v) is 9.91. The van der Waals surface area contributed by atoms with Crippen molar-refractivity contribution in [2.45, 2.75) is 37.7 Å². The van der Waals surface area contributed by atoms with Crippen molar-refractivity contribution in [1.82, 2.24) is 0 Å². The van der Waals surface area contributed by atoms with Gasteiger partial charge in [-0.2, -0.15) is 4.21 Å². The fourth-order valence-corrected chi connectivity index (χ4v) is 2.96. The molecule has 0 aromatic heterocycles. The molecule has 1 atom stereocenters. The van der Waals surface area contributed by atoms with Gasteiger partial charge in [0, 0.05) is 0 Å². The molecule has 1 aliphatic carbocycles. The second-order valence-corrected chi connectivity index (χ2v) is 4.82. The van der Waals surface area contributed by atoms with Crippen molar-refractivity contribution in [3.05, 3.63) is 35.9 Å². The standard InChI is InChI=1S/C12H16O3S/c13-16(14)15-12(9-5-2-6-10-12)11-7-3-1-4-8-11/h1,3-4,7-8H,2,5-6,9-10H2,(H,13,14). The third kappa shape index (κ3) is 2.51. The Bertz CT molecular complexity index is 358. The maximum atomic E-state index is 10.9. The molecule has 0 amide bonds. The molecule has 1 fully saturated rings. The largest absolute Gasteiger partial charge is 0.302 e. The highest BCUT2D eigenvalue weighted by atomic mass is 32.2. The Hall–Kier alpha value is -0.710. The number of hydrogen-bond acceptors (Lipinski definition) is 2. The molecule has 1 N–H and O–H groups in total. The molecule has 0 saturated heterocycles. The van der Waals surface area contributed by atoms with E-state index in [1.165, 1.54) is 6.42 Å². The van der Waals surface area contributed by atoms with E-state index < -0.39 is 17.0 Å². The Balaban J connectivity index is 2.29. The van der Waals surface area contributed by atoms with Gasteiger partial charge >= 0.3 is 11.4 Å². The van der Waals surface area contributed by atoms with E-state index in [9.17, 15) is 4.21 Å². The molecule has 16 heavy (non-hydrogen) atoms. The molecule has 1 saturated carbocycles. The number of hydrogen-bond donors (Lipinski definition) is 1. The van der Waals surface area contributed by atoms with Gasteiger partial charge in [0.05, 0.1) is 0 Å². The van der Waals surface area contributed by atoms with E-state index in [1.54, 1.807) is 0 Å². The van der Waals surface area contributed by atoms with E-state index in [-0.39, 0.29) is 0 Å². The van der Waals surface area contributed by atoms with E-state index in [0.717, 1.165) is 31.2 Å². The van der Waals surface area contributed by atoms with Crippen molar-refractivity contribution in [2.24, 2.45) is 0 Å². The summed E-state index contributed by atoms with van der Waals surface area (Å²) in [6.07, 6.45) is 4.92. The smallest absolute Gasteiger partial charge is 0.284 e. The summed E-state index contributed by atoms with van der Waals surface area (Å²) in [6.45, 7) is 0. The van der Waals surface area contributed by atoms with Gasteiger partial charge in [0.1, 0.15) is 5.60 Å². The van der Waals surface area contributed by atoms with Crippen LogP contribution >= 0.6 is 0 Å². The molecule has 1 aliphatic rings. The first-order valence-electron chi connectivity index (χ1n) is 5.59. The van der Waals surface area contributed by atoms with Gasteiger partial charge in [0.15, 0.2) is 0 Å². The summed E-state index contributed by atoms with van der Waals surface area (Å²) in [5.74, 6) is 0. The van der Waals surface area contributed by atoms with Crippen molar-refractivity contribution >= 4 is 11.4 Å². The molecular weight excluding hydrogens is 224 g/mol. The Kier molecular flexibility index (Phi) is 3.74. The zero-order valence-electron chi connectivity index (χ0n) is 9.09. The topological polar surface area (TPSA) is 46.5 Å². The van der Waals surface area contributed by atoms with Crippen LogP contribution in [0.25, 0.3) is 0 Å². The third-order valence-electron chi connectivity index (χ3n) is 3.19. The summed E-state index contributed by atoms with van der Waals surface area (Å²) in [7, 11) is 0. The van der Waals surface area contributed by atoms with Crippen LogP contribution < -0.4 is 0 Å². The molecule has 3 nitrogen and oxygen atoms in total. The van der Waals surface area contributed by atoms with Gasteiger partial charge in [0.25, 0.3) is 0 Å². The Labute approximate surface area is 98.3 Å². The lowest BCUT2D eigenvalue weighted by Gasteiger charge is -2.35. The second-order valence-electron chi connectivity index (χ2n) is 4.22. The van der Waals surface area contributed by atoms with Crippen LogP contribution in [0.1, 0.15) is 37.7 Å². The summed E-state index contributed by atoms with van der Waals surface area (Å²) in [6, 6.07) is 9.76. The van der Waals surface area contributed by atoms with E-state index >= 15 is 0 Å². The maximum Gasteiger partial charge on any atom is 0.302 e. The first kappa shape index (κ1) is 11.8. The molecule has 0 spiro atoms. The molecule has 4 heteroatoms. The van der Waals surface area contributed by atoms with Crippen molar-refractivity contribution in [3.8, 4) is 0 Å². The van der Waals surface area contributed by atoms with Crippen molar-refractivity contribution < 1.29 is 12.9 Å². The van der Waals surface area contributed by atoms with Crippen LogP contribution in [-0.4, -0.2) is 8.76 Å². The van der Waals surface area contributed by atoms with Gasteiger partial charge < -0.3 is 0 Å². The minimum absolute atomic E-state index is 0.556. The first-order valence-corrected chi connectivity index (χ1v) is 6.62. The maximum absolute atomic E-state index is 10.9. The van der Waals surface area contributed by atoms with E-state index in [1.807, 2.05) is 30.3 Å². The highest BCUT2D eigenvalue weighted by molar-refractivity contribution is 7.74. The molecule has 0 radical (unpaired) electrons. The quantitative estimate of drug-likeness (QED) is 0.826. The van der Waals surface area contributed by atoms with Gasteiger partial charge in [-0.15, -0.1) is 0 Å².